The van der Waals surface area contributed by atoms with E-state index in [0.29, 0.717) is 45.1 Å². The number of benzene rings is 2. The average molecular weight is 622 g/mol. The summed E-state index contributed by atoms with van der Waals surface area (Å²) in [5.41, 5.74) is 3.10. The van der Waals surface area contributed by atoms with Gasteiger partial charge in [-0.25, -0.2) is 18.4 Å². The molecule has 2 aromatic heterocycles. The number of hydrogen-bond donors (Lipinski definition) is 0. The third-order valence-corrected chi connectivity index (χ3v) is 11.2. The van der Waals surface area contributed by atoms with Crippen LogP contribution in [0.15, 0.2) is 65.6 Å². The maximum atomic E-state index is 14.2. The van der Waals surface area contributed by atoms with Gasteiger partial charge in [0.05, 0.1) is 12.0 Å². The molecule has 1 unspecified atom stereocenters. The Hall–Kier alpha value is -3.58. The minimum atomic E-state index is -3.85. The Morgan fingerprint density at radius 2 is 1.88 bits per heavy atom. The fourth-order valence-corrected chi connectivity index (χ4v) is 8.53. The van der Waals surface area contributed by atoms with Crippen LogP contribution in [0.4, 0.5) is 10.8 Å². The molecule has 0 aliphatic carbocycles. The van der Waals surface area contributed by atoms with Gasteiger partial charge in [-0.2, -0.15) is 4.31 Å². The lowest BCUT2D eigenvalue weighted by molar-refractivity contribution is -0.127. The van der Waals surface area contributed by atoms with Gasteiger partial charge in [0.15, 0.2) is 5.13 Å². The van der Waals surface area contributed by atoms with Gasteiger partial charge in [0.1, 0.15) is 10.3 Å². The summed E-state index contributed by atoms with van der Waals surface area (Å²) in [4.78, 5) is 26.9. The number of thiazole rings is 1. The fraction of sp³-hybridized carbons (Fsp3) is 0.387. The van der Waals surface area contributed by atoms with Crippen LogP contribution < -0.4 is 9.64 Å². The molecule has 0 saturated carbocycles. The summed E-state index contributed by atoms with van der Waals surface area (Å²) in [7, 11) is -0.644. The van der Waals surface area contributed by atoms with E-state index in [-0.39, 0.29) is 17.3 Å². The van der Waals surface area contributed by atoms with Crippen LogP contribution in [0.25, 0.3) is 10.3 Å². The molecule has 2 aromatic carbocycles. The van der Waals surface area contributed by atoms with Crippen LogP contribution in [0.3, 0.4) is 0 Å². The van der Waals surface area contributed by atoms with Crippen LogP contribution >= 0.6 is 11.3 Å². The molecular weight excluding hydrogens is 587 g/mol. The van der Waals surface area contributed by atoms with Crippen LogP contribution in [-0.4, -0.2) is 80.5 Å². The maximum absolute atomic E-state index is 14.2. The minimum Gasteiger partial charge on any atom is -0.481 e. The van der Waals surface area contributed by atoms with Gasteiger partial charge in [0, 0.05) is 70.5 Å². The number of fused-ring (bicyclic) bond motifs is 3. The molecule has 0 N–H and O–H groups in total. The quantitative estimate of drug-likeness (QED) is 0.237. The molecule has 10 nitrogen and oxygen atoms in total. The molecule has 2 aliphatic rings. The van der Waals surface area contributed by atoms with E-state index in [9.17, 15) is 13.2 Å². The molecule has 0 bridgehead atoms. The summed E-state index contributed by atoms with van der Waals surface area (Å²) in [6.45, 7) is 4.38. The normalized spacial score (nSPS) is 18.2. The lowest BCUT2D eigenvalue weighted by atomic mass is 9.81. The standard InChI is InChI=1S/C31H35N5O5S2/c1-22(37)34-16-14-31(20-34)21-36(30-32-26-11-13-28(41-3)33-29(26)42-30)27-12-10-24(18-25(27)31)43(38,39)35(15-7-17-40-2)19-23-8-5-4-6-9-23/h4-6,8-13,18H,7,14-17,19-21H2,1-3H3. The first-order valence-corrected chi connectivity index (χ1v) is 16.5. The Labute approximate surface area is 255 Å². The van der Waals surface area contributed by atoms with Gasteiger partial charge < -0.3 is 19.3 Å². The van der Waals surface area contributed by atoms with E-state index >= 15 is 0 Å². The number of sulfonamides is 1. The number of ether oxygens (including phenoxy) is 2. The van der Waals surface area contributed by atoms with E-state index in [1.807, 2.05) is 53.4 Å². The zero-order valence-corrected chi connectivity index (χ0v) is 26.2. The van der Waals surface area contributed by atoms with Crippen molar-refractivity contribution in [2.75, 3.05) is 51.9 Å². The molecule has 2 aliphatic heterocycles. The summed E-state index contributed by atoms with van der Waals surface area (Å²) >= 11 is 1.47. The summed E-state index contributed by atoms with van der Waals surface area (Å²) in [6.07, 6.45) is 1.31. The Balaban J connectivity index is 1.41. The fourth-order valence-electron chi connectivity index (χ4n) is 6.09. The number of carbonyl (C=O) groups excluding carboxylic acids is 1. The van der Waals surface area contributed by atoms with Gasteiger partial charge in [-0.3, -0.25) is 4.79 Å². The molecular formula is C31H35N5O5S2. The number of nitrogens with zero attached hydrogens (tertiary/aromatic N) is 5. The molecule has 4 heterocycles. The van der Waals surface area contributed by atoms with E-state index in [1.54, 1.807) is 33.3 Å². The molecule has 226 valence electrons. The largest absolute Gasteiger partial charge is 0.481 e. The lowest BCUT2D eigenvalue weighted by Crippen LogP contribution is -2.36. The molecule has 43 heavy (non-hydrogen) atoms. The highest BCUT2D eigenvalue weighted by Crippen LogP contribution is 2.51. The average Bonchev–Trinajstić information content (AvgIpc) is 3.72. The predicted octanol–water partition coefficient (Wildman–Crippen LogP) is 4.57. The van der Waals surface area contributed by atoms with E-state index in [1.165, 1.54) is 15.6 Å². The second kappa shape index (κ2) is 11.8. The Morgan fingerprint density at radius 3 is 2.60 bits per heavy atom. The zero-order valence-electron chi connectivity index (χ0n) is 24.5. The number of methoxy groups -OCH3 is 2. The van der Waals surface area contributed by atoms with E-state index in [0.717, 1.165) is 38.7 Å². The smallest absolute Gasteiger partial charge is 0.243 e. The third-order valence-electron chi connectivity index (χ3n) is 8.34. The summed E-state index contributed by atoms with van der Waals surface area (Å²) < 4.78 is 40.5. The van der Waals surface area contributed by atoms with Crippen molar-refractivity contribution in [1.29, 1.82) is 0 Å². The third kappa shape index (κ3) is 5.60. The monoisotopic (exact) mass is 621 g/mol. The van der Waals surface area contributed by atoms with Crippen LogP contribution in [-0.2, 0) is 31.5 Å². The Bertz CT molecular complexity index is 1750. The van der Waals surface area contributed by atoms with Gasteiger partial charge in [0.25, 0.3) is 0 Å². The topological polar surface area (TPSA) is 105 Å². The van der Waals surface area contributed by atoms with Crippen LogP contribution in [0.1, 0.15) is 30.9 Å². The second-order valence-electron chi connectivity index (χ2n) is 11.1. The van der Waals surface area contributed by atoms with Crippen molar-refractivity contribution in [3.05, 3.63) is 71.8 Å². The molecule has 12 heteroatoms. The van der Waals surface area contributed by atoms with Gasteiger partial charge in [-0.05, 0) is 48.2 Å². The Kier molecular flexibility index (Phi) is 8.12. The summed E-state index contributed by atoms with van der Waals surface area (Å²) in [5.74, 6) is 0.540. The first-order chi connectivity index (χ1) is 20.7. The first kappa shape index (κ1) is 29.5. The number of amides is 1. The molecule has 1 amide bonds. The molecule has 1 saturated heterocycles. The molecule has 1 spiro atoms. The number of rotatable bonds is 10. The minimum absolute atomic E-state index is 0.0177. The molecule has 0 radical (unpaired) electrons. The molecule has 1 atom stereocenters. The zero-order chi connectivity index (χ0) is 30.2. The number of anilines is 2. The molecule has 4 aromatic rings. The predicted molar refractivity (Wildman–Crippen MR) is 166 cm³/mol. The number of carbonyl (C=O) groups is 1. The van der Waals surface area contributed by atoms with Crippen LogP contribution in [0.2, 0.25) is 0 Å². The summed E-state index contributed by atoms with van der Waals surface area (Å²) in [6, 6.07) is 18.7. The first-order valence-electron chi connectivity index (χ1n) is 14.3. The van der Waals surface area contributed by atoms with Crippen molar-refractivity contribution in [2.24, 2.45) is 0 Å². The van der Waals surface area contributed by atoms with Crippen molar-refractivity contribution >= 4 is 48.4 Å². The lowest BCUT2D eigenvalue weighted by Gasteiger charge is -2.26. The summed E-state index contributed by atoms with van der Waals surface area (Å²) in [5, 5.41) is 0.774. The van der Waals surface area contributed by atoms with Gasteiger partial charge in [0.2, 0.25) is 21.8 Å². The van der Waals surface area contributed by atoms with Gasteiger partial charge in [-0.15, -0.1) is 0 Å². The maximum Gasteiger partial charge on any atom is 0.243 e. The Morgan fingerprint density at radius 1 is 1.07 bits per heavy atom. The molecule has 6 rings (SSSR count). The van der Waals surface area contributed by atoms with E-state index in [4.69, 9.17) is 14.5 Å². The van der Waals surface area contributed by atoms with Crippen molar-refractivity contribution in [3.8, 4) is 5.88 Å². The highest BCUT2D eigenvalue weighted by Gasteiger charge is 2.49. The van der Waals surface area contributed by atoms with Crippen molar-refractivity contribution in [3.63, 3.8) is 0 Å². The SMILES string of the molecule is COCCCN(Cc1ccccc1)S(=O)(=O)c1ccc2c(c1)C1(CCN(C(C)=O)C1)CN2c1nc2ccc(OC)nc2s1. The van der Waals surface area contributed by atoms with Crippen molar-refractivity contribution in [2.45, 2.75) is 36.6 Å². The number of hydrogen-bond acceptors (Lipinski definition) is 9. The van der Waals surface area contributed by atoms with Crippen molar-refractivity contribution in [1.82, 2.24) is 19.2 Å². The highest BCUT2D eigenvalue weighted by atomic mass is 32.2. The van der Waals surface area contributed by atoms with E-state index < -0.39 is 15.4 Å². The van der Waals surface area contributed by atoms with Crippen LogP contribution in [0.5, 0.6) is 5.88 Å². The van der Waals surface area contributed by atoms with Gasteiger partial charge >= 0.3 is 0 Å². The van der Waals surface area contributed by atoms with Crippen molar-refractivity contribution < 1.29 is 22.7 Å². The number of pyridine rings is 1. The van der Waals surface area contributed by atoms with E-state index in [2.05, 4.69) is 9.88 Å². The molecule has 1 fully saturated rings. The van der Waals surface area contributed by atoms with Crippen LogP contribution in [0, 0.1) is 0 Å². The van der Waals surface area contributed by atoms with Gasteiger partial charge in [-0.1, -0.05) is 41.7 Å². The second-order valence-corrected chi connectivity index (χ2v) is 14.0. The highest BCUT2D eigenvalue weighted by molar-refractivity contribution is 7.89. The number of likely N-dealkylation sites (tertiary alicyclic amines) is 1. The number of aromatic nitrogens is 2.